The van der Waals surface area contributed by atoms with E-state index in [9.17, 15) is 21.6 Å². The lowest BCUT2D eigenvalue weighted by Gasteiger charge is -2.26. The third-order valence-corrected chi connectivity index (χ3v) is 6.29. The van der Waals surface area contributed by atoms with Crippen LogP contribution in [0.4, 0.5) is 18.9 Å². The Morgan fingerprint density at radius 2 is 1.34 bits per heavy atom. The van der Waals surface area contributed by atoms with Crippen molar-refractivity contribution < 1.29 is 21.6 Å². The number of anilines is 1. The summed E-state index contributed by atoms with van der Waals surface area (Å²) in [5, 5.41) is 0. The smallest absolute Gasteiger partial charge is 0.257 e. The first-order valence-corrected chi connectivity index (χ1v) is 10.5. The Hall–Kier alpha value is -2.80. The van der Waals surface area contributed by atoms with Crippen LogP contribution in [0.15, 0.2) is 83.8 Å². The molecule has 0 unspecified atom stereocenters. The number of nitrogens with zero attached hydrogens (tertiary/aromatic N) is 1. The van der Waals surface area contributed by atoms with Gasteiger partial charge in [0.15, 0.2) is 0 Å². The van der Waals surface area contributed by atoms with Crippen molar-refractivity contribution in [1.29, 1.82) is 0 Å². The zero-order valence-electron chi connectivity index (χ0n) is 15.7. The molecular formula is C22H20F3NO2S. The molecule has 0 spiro atoms. The lowest BCUT2D eigenvalue weighted by molar-refractivity contribution is -0.117. The summed E-state index contributed by atoms with van der Waals surface area (Å²) in [6.07, 6.45) is -3.98. The standard InChI is InChI=1S/C22H20F3NO2S/c1-2-17-8-12-20(13-9-17)26(16-22(23,24)25)29(27,28)21-14-10-19(11-15-21)18-6-4-3-5-7-18/h3-15H,2,16H2,1H3. The van der Waals surface area contributed by atoms with Gasteiger partial charge in [0.05, 0.1) is 10.6 Å². The summed E-state index contributed by atoms with van der Waals surface area (Å²) >= 11 is 0. The molecule has 3 aromatic rings. The van der Waals surface area contributed by atoms with Crippen LogP contribution in [0, 0.1) is 0 Å². The van der Waals surface area contributed by atoms with Crippen LogP contribution in [-0.4, -0.2) is 21.1 Å². The Morgan fingerprint density at radius 3 is 1.86 bits per heavy atom. The van der Waals surface area contributed by atoms with E-state index in [0.717, 1.165) is 16.7 Å². The zero-order chi connectivity index (χ0) is 21.1. The van der Waals surface area contributed by atoms with E-state index in [2.05, 4.69) is 0 Å². The molecule has 0 aliphatic heterocycles. The molecule has 3 aromatic carbocycles. The average Bonchev–Trinajstić information content (AvgIpc) is 2.72. The fourth-order valence-electron chi connectivity index (χ4n) is 2.95. The highest BCUT2D eigenvalue weighted by Gasteiger charge is 2.37. The zero-order valence-corrected chi connectivity index (χ0v) is 16.5. The number of alkyl halides is 3. The van der Waals surface area contributed by atoms with Gasteiger partial charge in [0.1, 0.15) is 6.54 Å². The highest BCUT2D eigenvalue weighted by molar-refractivity contribution is 7.92. The second kappa shape index (κ2) is 8.29. The molecule has 0 saturated carbocycles. The molecule has 0 fully saturated rings. The molecule has 0 saturated heterocycles. The lowest BCUT2D eigenvalue weighted by atomic mass is 10.1. The molecular weight excluding hydrogens is 399 g/mol. The van der Waals surface area contributed by atoms with Crippen molar-refractivity contribution in [1.82, 2.24) is 0 Å². The Kier molecular flexibility index (Phi) is 5.98. The van der Waals surface area contributed by atoms with E-state index in [1.807, 2.05) is 37.3 Å². The lowest BCUT2D eigenvalue weighted by Crippen LogP contribution is -2.39. The van der Waals surface area contributed by atoms with Crippen molar-refractivity contribution in [3.63, 3.8) is 0 Å². The molecule has 0 aromatic heterocycles. The number of halogens is 3. The minimum Gasteiger partial charge on any atom is -0.257 e. The number of hydrogen-bond donors (Lipinski definition) is 0. The predicted octanol–water partition coefficient (Wildman–Crippen LogP) is 5.67. The molecule has 3 rings (SSSR count). The Morgan fingerprint density at radius 1 is 0.793 bits per heavy atom. The molecule has 3 nitrogen and oxygen atoms in total. The maximum absolute atomic E-state index is 13.2. The van der Waals surface area contributed by atoms with Crippen LogP contribution < -0.4 is 4.31 Å². The molecule has 7 heteroatoms. The molecule has 0 radical (unpaired) electrons. The van der Waals surface area contributed by atoms with Crippen molar-refractivity contribution in [2.45, 2.75) is 24.4 Å². The topological polar surface area (TPSA) is 37.4 Å². The van der Waals surface area contributed by atoms with Crippen LogP contribution in [0.3, 0.4) is 0 Å². The van der Waals surface area contributed by atoms with Gasteiger partial charge in [-0.1, -0.05) is 61.5 Å². The van der Waals surface area contributed by atoms with Gasteiger partial charge in [-0.2, -0.15) is 13.2 Å². The normalized spacial score (nSPS) is 12.0. The van der Waals surface area contributed by atoms with Crippen molar-refractivity contribution in [2.24, 2.45) is 0 Å². The van der Waals surface area contributed by atoms with Gasteiger partial charge < -0.3 is 0 Å². The number of sulfonamides is 1. The maximum atomic E-state index is 13.2. The van der Waals surface area contributed by atoms with Gasteiger partial charge in [0.25, 0.3) is 10.0 Å². The molecule has 0 N–H and O–H groups in total. The third-order valence-electron chi connectivity index (χ3n) is 4.50. The summed E-state index contributed by atoms with van der Waals surface area (Å²) in [6.45, 7) is 0.314. The van der Waals surface area contributed by atoms with Crippen molar-refractivity contribution >= 4 is 15.7 Å². The highest BCUT2D eigenvalue weighted by atomic mass is 32.2. The van der Waals surface area contributed by atoms with Gasteiger partial charge in [0, 0.05) is 0 Å². The largest absolute Gasteiger partial charge is 0.407 e. The van der Waals surface area contributed by atoms with Crippen LogP contribution in [0.25, 0.3) is 11.1 Å². The van der Waals surface area contributed by atoms with Gasteiger partial charge in [0.2, 0.25) is 0 Å². The fraction of sp³-hybridized carbons (Fsp3) is 0.182. The molecule has 0 atom stereocenters. The first-order chi connectivity index (χ1) is 13.7. The van der Waals surface area contributed by atoms with Crippen molar-refractivity contribution in [3.8, 4) is 11.1 Å². The summed E-state index contributed by atoms with van der Waals surface area (Å²) in [5.41, 5.74) is 2.55. The summed E-state index contributed by atoms with van der Waals surface area (Å²) in [5.74, 6) is 0. The van der Waals surface area contributed by atoms with E-state index in [0.29, 0.717) is 10.7 Å². The predicted molar refractivity (Wildman–Crippen MR) is 108 cm³/mol. The first kappa shape index (κ1) is 20.9. The Labute approximate surface area is 168 Å². The summed E-state index contributed by atoms with van der Waals surface area (Å²) < 4.78 is 66.0. The molecule has 0 heterocycles. The van der Waals surface area contributed by atoms with E-state index >= 15 is 0 Å². The van der Waals surface area contributed by atoms with Crippen LogP contribution >= 0.6 is 0 Å². The second-order valence-corrected chi connectivity index (χ2v) is 8.40. The molecule has 0 amide bonds. The number of rotatable bonds is 6. The molecule has 29 heavy (non-hydrogen) atoms. The van der Waals surface area contributed by atoms with E-state index in [1.54, 1.807) is 24.3 Å². The minimum absolute atomic E-state index is 0.0216. The van der Waals surface area contributed by atoms with Gasteiger partial charge in [-0.05, 0) is 47.4 Å². The van der Waals surface area contributed by atoms with E-state index in [-0.39, 0.29) is 10.6 Å². The Bertz CT molecular complexity index is 1050. The summed E-state index contributed by atoms with van der Waals surface area (Å²) in [4.78, 5) is -0.194. The molecule has 0 aliphatic rings. The SMILES string of the molecule is CCc1ccc(N(CC(F)(F)F)S(=O)(=O)c2ccc(-c3ccccc3)cc2)cc1. The highest BCUT2D eigenvalue weighted by Crippen LogP contribution is 2.30. The first-order valence-electron chi connectivity index (χ1n) is 9.04. The van der Waals surface area contributed by atoms with E-state index in [4.69, 9.17) is 0 Å². The van der Waals surface area contributed by atoms with Crippen molar-refractivity contribution in [2.75, 3.05) is 10.8 Å². The molecule has 152 valence electrons. The van der Waals surface area contributed by atoms with Gasteiger partial charge in [-0.15, -0.1) is 0 Å². The average molecular weight is 419 g/mol. The summed E-state index contributed by atoms with van der Waals surface area (Å²) in [7, 11) is -4.39. The van der Waals surface area contributed by atoms with Crippen LogP contribution in [0.1, 0.15) is 12.5 Å². The van der Waals surface area contributed by atoms with Crippen LogP contribution in [0.5, 0.6) is 0 Å². The summed E-state index contributed by atoms with van der Waals surface area (Å²) in [6, 6.07) is 21.2. The quantitative estimate of drug-likeness (QED) is 0.516. The fourth-order valence-corrected chi connectivity index (χ4v) is 4.40. The van der Waals surface area contributed by atoms with Gasteiger partial charge in [-0.3, -0.25) is 4.31 Å². The monoisotopic (exact) mass is 419 g/mol. The van der Waals surface area contributed by atoms with Crippen LogP contribution in [-0.2, 0) is 16.4 Å². The third kappa shape index (κ3) is 4.98. The van der Waals surface area contributed by atoms with Gasteiger partial charge in [-0.25, -0.2) is 8.42 Å². The van der Waals surface area contributed by atoms with Crippen molar-refractivity contribution in [3.05, 3.63) is 84.4 Å². The van der Waals surface area contributed by atoms with Crippen LogP contribution in [0.2, 0.25) is 0 Å². The van der Waals surface area contributed by atoms with E-state index < -0.39 is 22.7 Å². The maximum Gasteiger partial charge on any atom is 0.407 e. The Balaban J connectivity index is 1.99. The minimum atomic E-state index is -4.68. The molecule has 0 aliphatic carbocycles. The molecule has 0 bridgehead atoms. The number of benzene rings is 3. The number of hydrogen-bond acceptors (Lipinski definition) is 2. The number of aryl methyl sites for hydroxylation is 1. The second-order valence-electron chi connectivity index (χ2n) is 6.54. The van der Waals surface area contributed by atoms with E-state index in [1.165, 1.54) is 24.3 Å². The van der Waals surface area contributed by atoms with Gasteiger partial charge >= 0.3 is 6.18 Å².